The molecule has 0 spiro atoms. The van der Waals surface area contributed by atoms with E-state index in [1.165, 1.54) is 4.90 Å². The summed E-state index contributed by atoms with van der Waals surface area (Å²) in [7, 11) is 0. The fourth-order valence-electron chi connectivity index (χ4n) is 1.47. The molecule has 1 aliphatic heterocycles. The minimum absolute atomic E-state index is 0.170. The average Bonchev–Trinajstić information content (AvgIpc) is 2.55. The molecule has 3 nitrogen and oxygen atoms in total. The maximum atomic E-state index is 11.8. The van der Waals surface area contributed by atoms with Crippen LogP contribution >= 0.6 is 12.2 Å². The van der Waals surface area contributed by atoms with Crippen molar-refractivity contribution in [2.45, 2.75) is 6.92 Å². The highest BCUT2D eigenvalue weighted by Crippen LogP contribution is 2.19. The molecule has 82 valence electrons. The Labute approximate surface area is 99.3 Å². The monoisotopic (exact) mass is 233 g/mol. The van der Waals surface area contributed by atoms with Crippen molar-refractivity contribution in [3.05, 3.63) is 41.7 Å². The first-order chi connectivity index (χ1) is 7.72. The third-order valence-corrected chi connectivity index (χ3v) is 2.59. The molecule has 0 N–H and O–H groups in total. The summed E-state index contributed by atoms with van der Waals surface area (Å²) in [6.45, 7) is 2.39. The smallest absolute Gasteiger partial charge is 0.297 e. The highest BCUT2D eigenvalue weighted by molar-refractivity contribution is 7.80. The standard InChI is InChI=1S/C12H11NO2S/c1-2-13-11(14)10(15-12(13)16)8-9-6-4-3-5-7-9/h3-8H,2H2,1H3. The van der Waals surface area contributed by atoms with Crippen LogP contribution in [-0.4, -0.2) is 22.5 Å². The van der Waals surface area contributed by atoms with Gasteiger partial charge in [0.15, 0.2) is 5.76 Å². The molecule has 1 heterocycles. The summed E-state index contributed by atoms with van der Waals surface area (Å²) in [6.07, 6.45) is 1.70. The number of ether oxygens (including phenoxy) is 1. The Kier molecular flexibility index (Phi) is 3.01. The number of benzene rings is 1. The van der Waals surface area contributed by atoms with Crippen LogP contribution in [0.25, 0.3) is 6.08 Å². The Balaban J connectivity index is 2.27. The third kappa shape index (κ3) is 1.97. The van der Waals surface area contributed by atoms with Gasteiger partial charge in [-0.15, -0.1) is 0 Å². The summed E-state index contributed by atoms with van der Waals surface area (Å²) in [4.78, 5) is 13.2. The zero-order chi connectivity index (χ0) is 11.5. The number of amides is 1. The lowest BCUT2D eigenvalue weighted by molar-refractivity contribution is -0.122. The molecule has 0 aromatic heterocycles. The summed E-state index contributed by atoms with van der Waals surface area (Å²) in [5, 5.41) is 0.231. The first-order valence-electron chi connectivity index (χ1n) is 5.03. The van der Waals surface area contributed by atoms with Gasteiger partial charge in [0.1, 0.15) is 0 Å². The minimum Gasteiger partial charge on any atom is -0.426 e. The molecule has 0 atom stereocenters. The zero-order valence-electron chi connectivity index (χ0n) is 8.84. The average molecular weight is 233 g/mol. The van der Waals surface area contributed by atoms with E-state index in [4.69, 9.17) is 17.0 Å². The van der Waals surface area contributed by atoms with E-state index in [0.29, 0.717) is 6.54 Å². The molecule has 0 unspecified atom stereocenters. The van der Waals surface area contributed by atoms with E-state index in [-0.39, 0.29) is 16.8 Å². The maximum absolute atomic E-state index is 11.8. The number of carbonyl (C=O) groups excluding carboxylic acids is 1. The Morgan fingerprint density at radius 3 is 2.62 bits per heavy atom. The van der Waals surface area contributed by atoms with Crippen molar-refractivity contribution in [3.63, 3.8) is 0 Å². The van der Waals surface area contributed by atoms with Crippen molar-refractivity contribution in [3.8, 4) is 0 Å². The molecule has 1 aromatic carbocycles. The summed E-state index contributed by atoms with van der Waals surface area (Å²) < 4.78 is 5.25. The van der Waals surface area contributed by atoms with E-state index in [0.717, 1.165) is 5.56 Å². The van der Waals surface area contributed by atoms with Crippen molar-refractivity contribution in [2.75, 3.05) is 6.54 Å². The zero-order valence-corrected chi connectivity index (χ0v) is 9.66. The van der Waals surface area contributed by atoms with E-state index >= 15 is 0 Å². The van der Waals surface area contributed by atoms with Gasteiger partial charge in [0.2, 0.25) is 0 Å². The second-order valence-electron chi connectivity index (χ2n) is 3.34. The highest BCUT2D eigenvalue weighted by atomic mass is 32.1. The predicted molar refractivity (Wildman–Crippen MR) is 65.5 cm³/mol. The van der Waals surface area contributed by atoms with E-state index in [9.17, 15) is 4.79 Å². The van der Waals surface area contributed by atoms with Gasteiger partial charge in [-0.1, -0.05) is 30.3 Å². The van der Waals surface area contributed by atoms with Gasteiger partial charge in [0.25, 0.3) is 11.1 Å². The normalized spacial score (nSPS) is 18.1. The van der Waals surface area contributed by atoms with E-state index in [2.05, 4.69) is 0 Å². The van der Waals surface area contributed by atoms with Gasteiger partial charge in [0, 0.05) is 6.54 Å². The molecule has 1 aromatic rings. The van der Waals surface area contributed by atoms with Crippen LogP contribution in [0.5, 0.6) is 0 Å². The van der Waals surface area contributed by atoms with Gasteiger partial charge in [-0.3, -0.25) is 9.69 Å². The predicted octanol–water partition coefficient (Wildman–Crippen LogP) is 2.19. The Bertz CT molecular complexity index is 453. The van der Waals surface area contributed by atoms with Crippen LogP contribution < -0.4 is 0 Å². The lowest BCUT2D eigenvalue weighted by Crippen LogP contribution is -2.27. The lowest BCUT2D eigenvalue weighted by atomic mass is 10.2. The molecule has 1 saturated heterocycles. The molecule has 4 heteroatoms. The van der Waals surface area contributed by atoms with Gasteiger partial charge < -0.3 is 4.74 Å². The van der Waals surface area contributed by atoms with Gasteiger partial charge in [0.05, 0.1) is 0 Å². The second-order valence-corrected chi connectivity index (χ2v) is 3.69. The van der Waals surface area contributed by atoms with Gasteiger partial charge in [-0.2, -0.15) is 0 Å². The van der Waals surface area contributed by atoms with Crippen molar-refractivity contribution in [2.24, 2.45) is 0 Å². The molecule has 0 bridgehead atoms. The fourth-order valence-corrected chi connectivity index (χ4v) is 1.78. The van der Waals surface area contributed by atoms with Crippen molar-refractivity contribution < 1.29 is 9.53 Å². The van der Waals surface area contributed by atoms with Crippen molar-refractivity contribution in [1.29, 1.82) is 0 Å². The van der Waals surface area contributed by atoms with Crippen LogP contribution in [0.2, 0.25) is 0 Å². The minimum atomic E-state index is -0.170. The maximum Gasteiger partial charge on any atom is 0.297 e. The SMILES string of the molecule is CCN1C(=O)C(=Cc2ccccc2)OC1=S. The van der Waals surface area contributed by atoms with Gasteiger partial charge >= 0.3 is 0 Å². The number of likely N-dealkylation sites (N-methyl/N-ethyl adjacent to an activating group) is 1. The van der Waals surface area contributed by atoms with Crippen molar-refractivity contribution >= 4 is 29.4 Å². The van der Waals surface area contributed by atoms with Crippen LogP contribution in [-0.2, 0) is 9.53 Å². The first-order valence-corrected chi connectivity index (χ1v) is 5.43. The molecule has 1 amide bonds. The Morgan fingerprint density at radius 2 is 2.06 bits per heavy atom. The molecular formula is C12H11NO2S. The number of hydrogen-bond donors (Lipinski definition) is 0. The van der Waals surface area contributed by atoms with E-state index in [1.54, 1.807) is 6.08 Å². The molecule has 0 saturated carbocycles. The quantitative estimate of drug-likeness (QED) is 0.579. The topological polar surface area (TPSA) is 29.5 Å². The second kappa shape index (κ2) is 4.45. The Hall–Kier alpha value is -1.68. The molecule has 16 heavy (non-hydrogen) atoms. The first kappa shape index (κ1) is 10.8. The van der Waals surface area contributed by atoms with E-state index in [1.807, 2.05) is 37.3 Å². The van der Waals surface area contributed by atoms with Gasteiger partial charge in [-0.25, -0.2) is 0 Å². The lowest BCUT2D eigenvalue weighted by Gasteiger charge is -2.06. The largest absolute Gasteiger partial charge is 0.426 e. The van der Waals surface area contributed by atoms with Crippen LogP contribution in [0.15, 0.2) is 36.1 Å². The molecule has 2 rings (SSSR count). The number of carbonyl (C=O) groups is 1. The number of rotatable bonds is 2. The third-order valence-electron chi connectivity index (χ3n) is 2.29. The van der Waals surface area contributed by atoms with Gasteiger partial charge in [-0.05, 0) is 30.8 Å². The van der Waals surface area contributed by atoms with Crippen LogP contribution in [0.1, 0.15) is 12.5 Å². The molecular weight excluding hydrogens is 222 g/mol. The highest BCUT2D eigenvalue weighted by Gasteiger charge is 2.31. The molecule has 0 aliphatic carbocycles. The molecule has 1 aliphatic rings. The van der Waals surface area contributed by atoms with E-state index < -0.39 is 0 Å². The summed E-state index contributed by atoms with van der Waals surface area (Å²) in [5.74, 6) is 0.120. The van der Waals surface area contributed by atoms with Crippen molar-refractivity contribution in [1.82, 2.24) is 4.90 Å². The molecule has 0 radical (unpaired) electrons. The number of thiocarbonyl (C=S) groups is 1. The summed E-state index contributed by atoms with van der Waals surface area (Å²) >= 11 is 4.95. The summed E-state index contributed by atoms with van der Waals surface area (Å²) in [6, 6.07) is 9.54. The Morgan fingerprint density at radius 1 is 1.38 bits per heavy atom. The number of nitrogens with zero attached hydrogens (tertiary/aromatic N) is 1. The molecule has 1 fully saturated rings. The fraction of sp³-hybridized carbons (Fsp3) is 0.167. The van der Waals surface area contributed by atoms with Crippen LogP contribution in [0.4, 0.5) is 0 Å². The van der Waals surface area contributed by atoms with Crippen LogP contribution in [0.3, 0.4) is 0 Å². The summed E-state index contributed by atoms with van der Waals surface area (Å²) in [5.41, 5.74) is 0.923. The van der Waals surface area contributed by atoms with Crippen LogP contribution in [0, 0.1) is 0 Å². The number of hydrogen-bond acceptors (Lipinski definition) is 3.